The average Bonchev–Trinajstić information content (AvgIpc) is 2.69. The molecule has 28 heavy (non-hydrogen) atoms. The van der Waals surface area contributed by atoms with Crippen LogP contribution in [0.4, 0.5) is 0 Å². The van der Waals surface area contributed by atoms with E-state index >= 15 is 0 Å². The van der Waals surface area contributed by atoms with E-state index in [0.717, 1.165) is 38.5 Å². The molecule has 0 aliphatic carbocycles. The van der Waals surface area contributed by atoms with E-state index in [4.69, 9.17) is 0 Å². The molecule has 0 heterocycles. The Kier molecular flexibility index (Phi) is 53.4. The molecule has 0 fully saturated rings. The van der Waals surface area contributed by atoms with Crippen molar-refractivity contribution in [3.05, 3.63) is 0 Å². The molecule has 0 amide bonds. The third-order valence-corrected chi connectivity index (χ3v) is 4.49. The Hall–Kier alpha value is 0.412. The van der Waals surface area contributed by atoms with Gasteiger partial charge in [-0.05, 0) is 0 Å². The molecule has 0 N–H and O–H groups in total. The SMILES string of the molecule is CCCCCCCC[O-].CCCCCCCC[O-].CCCCCCCC[O-].[Al+3]. The Balaban J connectivity index is -0.000000152. The van der Waals surface area contributed by atoms with Crippen LogP contribution in [-0.4, -0.2) is 37.2 Å². The molecule has 0 saturated carbocycles. The Morgan fingerprint density at radius 2 is 0.500 bits per heavy atom. The van der Waals surface area contributed by atoms with E-state index in [1.807, 2.05) is 0 Å². The maximum absolute atomic E-state index is 9.96. The van der Waals surface area contributed by atoms with Gasteiger partial charge in [-0.1, -0.05) is 136 Å². The van der Waals surface area contributed by atoms with Crippen molar-refractivity contribution in [3.8, 4) is 0 Å². The first-order valence-corrected chi connectivity index (χ1v) is 12.0. The van der Waals surface area contributed by atoms with Crippen LogP contribution in [0.15, 0.2) is 0 Å². The van der Waals surface area contributed by atoms with Crippen molar-refractivity contribution in [2.24, 2.45) is 0 Å². The monoisotopic (exact) mass is 414 g/mol. The van der Waals surface area contributed by atoms with Gasteiger partial charge >= 0.3 is 17.4 Å². The summed E-state index contributed by atoms with van der Waals surface area (Å²) in [5.74, 6) is 0. The van der Waals surface area contributed by atoms with Crippen LogP contribution in [0.25, 0.3) is 0 Å². The molecular weight excluding hydrogens is 363 g/mol. The van der Waals surface area contributed by atoms with Gasteiger partial charge in [0.05, 0.1) is 0 Å². The van der Waals surface area contributed by atoms with Crippen LogP contribution in [0.1, 0.15) is 136 Å². The first-order valence-electron chi connectivity index (χ1n) is 12.0. The topological polar surface area (TPSA) is 69.2 Å². The summed E-state index contributed by atoms with van der Waals surface area (Å²) in [5, 5.41) is 29.9. The van der Waals surface area contributed by atoms with Crippen LogP contribution in [0.5, 0.6) is 0 Å². The van der Waals surface area contributed by atoms with Gasteiger partial charge in [0.25, 0.3) is 0 Å². The number of unbranched alkanes of at least 4 members (excludes halogenated alkanes) is 15. The maximum Gasteiger partial charge on any atom is 3.00 e. The summed E-state index contributed by atoms with van der Waals surface area (Å²) in [6.45, 7) is 6.96. The van der Waals surface area contributed by atoms with Crippen LogP contribution >= 0.6 is 0 Å². The summed E-state index contributed by atoms with van der Waals surface area (Å²) in [4.78, 5) is 0. The summed E-state index contributed by atoms with van der Waals surface area (Å²) in [7, 11) is 0. The van der Waals surface area contributed by atoms with Gasteiger partial charge in [-0.3, -0.25) is 0 Å². The van der Waals surface area contributed by atoms with E-state index < -0.39 is 0 Å². The minimum atomic E-state index is 0. The van der Waals surface area contributed by atoms with E-state index in [2.05, 4.69) is 20.8 Å². The van der Waals surface area contributed by atoms with Crippen LogP contribution in [-0.2, 0) is 0 Å². The third kappa shape index (κ3) is 50.3. The quantitative estimate of drug-likeness (QED) is 0.240. The van der Waals surface area contributed by atoms with Crippen molar-refractivity contribution in [1.82, 2.24) is 0 Å². The minimum absolute atomic E-state index is 0. The van der Waals surface area contributed by atoms with Gasteiger partial charge in [0.1, 0.15) is 0 Å². The molecule has 0 bridgehead atoms. The molecule has 0 aliphatic heterocycles. The van der Waals surface area contributed by atoms with Gasteiger partial charge in [0.15, 0.2) is 0 Å². The van der Waals surface area contributed by atoms with Gasteiger partial charge in [-0.25, -0.2) is 0 Å². The molecule has 168 valence electrons. The first-order chi connectivity index (χ1) is 13.2. The van der Waals surface area contributed by atoms with Gasteiger partial charge in [-0.15, -0.1) is 19.8 Å². The van der Waals surface area contributed by atoms with Crippen LogP contribution in [0.2, 0.25) is 0 Å². The third-order valence-electron chi connectivity index (χ3n) is 4.49. The second-order valence-electron chi connectivity index (χ2n) is 7.42. The van der Waals surface area contributed by atoms with Crippen LogP contribution < -0.4 is 15.3 Å². The Labute approximate surface area is 188 Å². The van der Waals surface area contributed by atoms with Crippen molar-refractivity contribution >= 4 is 17.4 Å². The fourth-order valence-corrected chi connectivity index (χ4v) is 2.65. The molecule has 0 rings (SSSR count). The first kappa shape index (κ1) is 35.8. The standard InChI is InChI=1S/3C8H17O.Al/c3*1-2-3-4-5-6-7-8-9;/h3*2-8H2,1H3;/q3*-1;+3. The molecule has 0 aliphatic rings. The van der Waals surface area contributed by atoms with E-state index in [1.54, 1.807) is 0 Å². The summed E-state index contributed by atoms with van der Waals surface area (Å²) >= 11 is 0. The fraction of sp³-hybridized carbons (Fsp3) is 1.00. The van der Waals surface area contributed by atoms with Crippen molar-refractivity contribution in [2.45, 2.75) is 136 Å². The van der Waals surface area contributed by atoms with Crippen molar-refractivity contribution in [2.75, 3.05) is 19.8 Å². The smallest absolute Gasteiger partial charge is 0.854 e. The molecule has 0 atom stereocenters. The minimum Gasteiger partial charge on any atom is -0.854 e. The van der Waals surface area contributed by atoms with Crippen molar-refractivity contribution < 1.29 is 15.3 Å². The number of rotatable bonds is 18. The summed E-state index contributed by atoms with van der Waals surface area (Å²) in [5.41, 5.74) is 0. The molecule has 0 aromatic carbocycles. The van der Waals surface area contributed by atoms with E-state index in [0.29, 0.717) is 0 Å². The van der Waals surface area contributed by atoms with Gasteiger partial charge in [0.2, 0.25) is 0 Å². The average molecular weight is 415 g/mol. The second kappa shape index (κ2) is 41.7. The molecule has 0 spiro atoms. The molecule has 0 aromatic heterocycles. The van der Waals surface area contributed by atoms with Crippen molar-refractivity contribution in [3.63, 3.8) is 0 Å². The Bertz CT molecular complexity index is 153. The molecule has 0 saturated heterocycles. The van der Waals surface area contributed by atoms with Crippen LogP contribution in [0, 0.1) is 0 Å². The number of hydrogen-bond donors (Lipinski definition) is 0. The fourth-order valence-electron chi connectivity index (χ4n) is 2.65. The number of hydrogen-bond acceptors (Lipinski definition) is 3. The zero-order valence-electron chi connectivity index (χ0n) is 19.7. The zero-order chi connectivity index (χ0) is 20.8. The molecule has 3 nitrogen and oxygen atoms in total. The predicted molar refractivity (Wildman–Crippen MR) is 120 cm³/mol. The van der Waals surface area contributed by atoms with E-state index in [-0.39, 0.29) is 37.2 Å². The Morgan fingerprint density at radius 1 is 0.321 bits per heavy atom. The predicted octanol–water partition coefficient (Wildman–Crippen LogP) is 4.74. The van der Waals surface area contributed by atoms with Gasteiger partial charge in [-0.2, -0.15) is 0 Å². The summed E-state index contributed by atoms with van der Waals surface area (Å²) in [6.07, 6.45) is 21.7. The summed E-state index contributed by atoms with van der Waals surface area (Å²) < 4.78 is 0. The van der Waals surface area contributed by atoms with Crippen molar-refractivity contribution in [1.29, 1.82) is 0 Å². The van der Waals surface area contributed by atoms with Gasteiger partial charge in [0, 0.05) is 0 Å². The second-order valence-corrected chi connectivity index (χ2v) is 7.42. The molecular formula is C24H51AlO3. The zero-order valence-corrected chi connectivity index (χ0v) is 20.8. The normalized spacial score (nSPS) is 9.64. The molecule has 0 aromatic rings. The van der Waals surface area contributed by atoms with E-state index in [9.17, 15) is 15.3 Å². The van der Waals surface area contributed by atoms with Crippen LogP contribution in [0.3, 0.4) is 0 Å². The molecule has 0 radical (unpaired) electrons. The summed E-state index contributed by atoms with van der Waals surface area (Å²) in [6, 6.07) is 0. The largest absolute Gasteiger partial charge is 3.00 e. The molecule has 4 heteroatoms. The maximum atomic E-state index is 9.96. The Morgan fingerprint density at radius 3 is 0.679 bits per heavy atom. The van der Waals surface area contributed by atoms with Gasteiger partial charge < -0.3 is 15.3 Å². The van der Waals surface area contributed by atoms with E-state index in [1.165, 1.54) is 77.0 Å². The molecule has 0 unspecified atom stereocenters.